The molecular formula is C18H25N3O. The third-order valence-electron chi connectivity index (χ3n) is 4.61. The summed E-state index contributed by atoms with van der Waals surface area (Å²) in [5, 5.41) is 16.2. The van der Waals surface area contributed by atoms with Crippen LogP contribution in [0.5, 0.6) is 0 Å². The number of hydrogen-bond acceptors (Lipinski definition) is 3. The van der Waals surface area contributed by atoms with Crippen molar-refractivity contribution in [1.82, 2.24) is 14.7 Å². The minimum atomic E-state index is -0.903. The van der Waals surface area contributed by atoms with E-state index in [0.29, 0.717) is 0 Å². The van der Waals surface area contributed by atoms with Crippen LogP contribution in [0.1, 0.15) is 36.6 Å². The van der Waals surface area contributed by atoms with Crippen LogP contribution in [0.3, 0.4) is 0 Å². The Bertz CT molecular complexity index is 690. The van der Waals surface area contributed by atoms with Gasteiger partial charge in [-0.3, -0.25) is 4.68 Å². The first-order valence-corrected chi connectivity index (χ1v) is 8.04. The van der Waals surface area contributed by atoms with Gasteiger partial charge in [-0.1, -0.05) is 24.3 Å². The minimum Gasteiger partial charge on any atom is -0.380 e. The van der Waals surface area contributed by atoms with Crippen molar-refractivity contribution in [3.8, 4) is 11.3 Å². The third kappa shape index (κ3) is 2.18. The number of aromatic nitrogens is 2. The van der Waals surface area contributed by atoms with E-state index in [0.717, 1.165) is 54.0 Å². The second kappa shape index (κ2) is 5.52. The van der Waals surface area contributed by atoms with Crippen molar-refractivity contribution < 1.29 is 5.11 Å². The molecule has 0 aliphatic heterocycles. The lowest BCUT2D eigenvalue weighted by molar-refractivity contribution is 0.0705. The van der Waals surface area contributed by atoms with Gasteiger partial charge in [0.15, 0.2) is 0 Å². The second-order valence-corrected chi connectivity index (χ2v) is 6.44. The van der Waals surface area contributed by atoms with E-state index in [1.807, 2.05) is 23.7 Å². The molecule has 22 heavy (non-hydrogen) atoms. The molecule has 0 bridgehead atoms. The highest BCUT2D eigenvalue weighted by molar-refractivity contribution is 5.78. The number of nitrogens with zero attached hydrogens (tertiary/aromatic N) is 3. The lowest BCUT2D eigenvalue weighted by Crippen LogP contribution is -2.27. The molecule has 0 radical (unpaired) electrons. The first-order chi connectivity index (χ1) is 10.5. The Morgan fingerprint density at radius 2 is 2.00 bits per heavy atom. The van der Waals surface area contributed by atoms with Crippen LogP contribution in [0.2, 0.25) is 0 Å². The molecule has 1 aliphatic carbocycles. The van der Waals surface area contributed by atoms with E-state index in [-0.39, 0.29) is 0 Å². The standard InChI is InChI=1S/C18H25N3O/c1-5-21-17-14-9-6-7-10-15(14)18(22,11-8-12-20(3)4)16(17)13(2)19-21/h6-7,9-10,22H,5,8,11-12H2,1-4H3. The molecule has 1 aliphatic rings. The molecule has 0 spiro atoms. The van der Waals surface area contributed by atoms with Crippen LogP contribution in [0.15, 0.2) is 24.3 Å². The zero-order valence-electron chi connectivity index (χ0n) is 13.9. The van der Waals surface area contributed by atoms with E-state index in [1.54, 1.807) is 0 Å². The average molecular weight is 299 g/mol. The van der Waals surface area contributed by atoms with E-state index in [4.69, 9.17) is 0 Å². The van der Waals surface area contributed by atoms with E-state index in [1.165, 1.54) is 0 Å². The first kappa shape index (κ1) is 15.3. The third-order valence-corrected chi connectivity index (χ3v) is 4.61. The molecule has 2 aromatic rings. The van der Waals surface area contributed by atoms with Crippen molar-refractivity contribution in [2.45, 2.75) is 38.8 Å². The Hall–Kier alpha value is -1.65. The lowest BCUT2D eigenvalue weighted by atomic mass is 9.86. The van der Waals surface area contributed by atoms with E-state index >= 15 is 0 Å². The number of aryl methyl sites for hydroxylation is 2. The number of aliphatic hydroxyl groups is 1. The van der Waals surface area contributed by atoms with Crippen LogP contribution in [0, 0.1) is 6.92 Å². The zero-order chi connectivity index (χ0) is 15.9. The quantitative estimate of drug-likeness (QED) is 0.923. The Morgan fingerprint density at radius 1 is 1.27 bits per heavy atom. The molecule has 4 nitrogen and oxygen atoms in total. The summed E-state index contributed by atoms with van der Waals surface area (Å²) in [6.45, 7) is 5.89. The largest absolute Gasteiger partial charge is 0.380 e. The summed E-state index contributed by atoms with van der Waals surface area (Å²) in [4.78, 5) is 2.16. The van der Waals surface area contributed by atoms with E-state index in [9.17, 15) is 5.11 Å². The Kier molecular flexibility index (Phi) is 3.83. The van der Waals surface area contributed by atoms with Crippen molar-refractivity contribution in [2.75, 3.05) is 20.6 Å². The van der Waals surface area contributed by atoms with Gasteiger partial charge in [0.2, 0.25) is 0 Å². The predicted molar refractivity (Wildman–Crippen MR) is 88.9 cm³/mol. The molecule has 1 N–H and O–H groups in total. The Labute approximate surface area is 132 Å². The van der Waals surface area contributed by atoms with Crippen molar-refractivity contribution in [3.63, 3.8) is 0 Å². The summed E-state index contributed by atoms with van der Waals surface area (Å²) in [5.74, 6) is 0. The van der Waals surface area contributed by atoms with Crippen molar-refractivity contribution in [1.29, 1.82) is 0 Å². The molecule has 1 atom stereocenters. The Morgan fingerprint density at radius 3 is 2.68 bits per heavy atom. The lowest BCUT2D eigenvalue weighted by Gasteiger charge is -2.26. The van der Waals surface area contributed by atoms with E-state index < -0.39 is 5.60 Å². The van der Waals surface area contributed by atoms with Gasteiger partial charge in [-0.2, -0.15) is 5.10 Å². The topological polar surface area (TPSA) is 41.3 Å². The predicted octanol–water partition coefficient (Wildman–Crippen LogP) is 2.77. The molecule has 118 valence electrons. The van der Waals surface area contributed by atoms with Crippen molar-refractivity contribution in [3.05, 3.63) is 41.1 Å². The summed E-state index contributed by atoms with van der Waals surface area (Å²) in [7, 11) is 4.14. The highest BCUT2D eigenvalue weighted by atomic mass is 16.3. The summed E-state index contributed by atoms with van der Waals surface area (Å²) >= 11 is 0. The maximum absolute atomic E-state index is 11.5. The van der Waals surface area contributed by atoms with Crippen LogP contribution in [-0.2, 0) is 12.1 Å². The molecule has 4 heteroatoms. The number of benzene rings is 1. The molecular weight excluding hydrogens is 274 g/mol. The molecule has 0 saturated heterocycles. The van der Waals surface area contributed by atoms with Gasteiger partial charge in [-0.25, -0.2) is 0 Å². The average Bonchev–Trinajstić information content (AvgIpc) is 2.95. The van der Waals surface area contributed by atoms with Crippen molar-refractivity contribution >= 4 is 0 Å². The van der Waals surface area contributed by atoms with Crippen LogP contribution < -0.4 is 0 Å². The molecule has 0 fully saturated rings. The highest BCUT2D eigenvalue weighted by Crippen LogP contribution is 2.50. The number of rotatable bonds is 5. The fourth-order valence-electron chi connectivity index (χ4n) is 3.67. The van der Waals surface area contributed by atoms with Crippen LogP contribution in [0.25, 0.3) is 11.3 Å². The Balaban J connectivity index is 2.10. The zero-order valence-corrected chi connectivity index (χ0v) is 13.9. The van der Waals surface area contributed by atoms with Gasteiger partial charge in [-0.05, 0) is 52.9 Å². The van der Waals surface area contributed by atoms with Crippen LogP contribution in [-0.4, -0.2) is 40.4 Å². The molecule has 0 saturated carbocycles. The van der Waals surface area contributed by atoms with Gasteiger partial charge in [0.1, 0.15) is 5.60 Å². The van der Waals surface area contributed by atoms with Crippen LogP contribution >= 0.6 is 0 Å². The highest BCUT2D eigenvalue weighted by Gasteiger charge is 2.45. The minimum absolute atomic E-state index is 0.728. The van der Waals surface area contributed by atoms with Gasteiger partial charge in [0.05, 0.1) is 11.4 Å². The summed E-state index contributed by atoms with van der Waals surface area (Å²) in [6.07, 6.45) is 1.68. The second-order valence-electron chi connectivity index (χ2n) is 6.44. The van der Waals surface area contributed by atoms with Crippen molar-refractivity contribution in [2.24, 2.45) is 0 Å². The van der Waals surface area contributed by atoms with Gasteiger partial charge in [0.25, 0.3) is 0 Å². The molecule has 0 amide bonds. The maximum atomic E-state index is 11.5. The molecule has 1 aromatic heterocycles. The molecule has 1 heterocycles. The molecule has 1 unspecified atom stereocenters. The first-order valence-electron chi connectivity index (χ1n) is 8.04. The maximum Gasteiger partial charge on any atom is 0.119 e. The number of hydrogen-bond donors (Lipinski definition) is 1. The normalized spacial score (nSPS) is 19.5. The number of fused-ring (bicyclic) bond motifs is 3. The fourth-order valence-corrected chi connectivity index (χ4v) is 3.67. The SMILES string of the molecule is CCn1nc(C)c2c1-c1ccccc1C2(O)CCCN(C)C. The van der Waals surface area contributed by atoms with Crippen LogP contribution in [0.4, 0.5) is 0 Å². The van der Waals surface area contributed by atoms with Gasteiger partial charge in [0, 0.05) is 17.7 Å². The smallest absolute Gasteiger partial charge is 0.119 e. The van der Waals surface area contributed by atoms with Gasteiger partial charge >= 0.3 is 0 Å². The van der Waals surface area contributed by atoms with E-state index in [2.05, 4.69) is 43.2 Å². The summed E-state index contributed by atoms with van der Waals surface area (Å²) in [6, 6.07) is 8.22. The van der Waals surface area contributed by atoms with Gasteiger partial charge < -0.3 is 10.0 Å². The monoisotopic (exact) mass is 299 g/mol. The molecule has 1 aromatic carbocycles. The van der Waals surface area contributed by atoms with Gasteiger partial charge in [-0.15, -0.1) is 0 Å². The molecule has 3 rings (SSSR count). The fraction of sp³-hybridized carbons (Fsp3) is 0.500. The summed E-state index contributed by atoms with van der Waals surface area (Å²) in [5.41, 5.74) is 4.32. The summed E-state index contributed by atoms with van der Waals surface area (Å²) < 4.78 is 2.02.